The maximum atomic E-state index is 13.1. The SMILES string of the molecule is COC(=O)C1=C(C)N(c2cccc(C(C)=O)c2)C(=O)/C1=C\c1cccs1. The smallest absolute Gasteiger partial charge is 0.340 e. The first kappa shape index (κ1) is 17.8. The van der Waals surface area contributed by atoms with Crippen LogP contribution in [0.25, 0.3) is 6.08 Å². The molecule has 1 amide bonds. The number of esters is 1. The summed E-state index contributed by atoms with van der Waals surface area (Å²) < 4.78 is 4.88. The van der Waals surface area contributed by atoms with Crippen LogP contribution in [0.2, 0.25) is 0 Å². The molecule has 2 heterocycles. The van der Waals surface area contributed by atoms with Gasteiger partial charge >= 0.3 is 5.97 Å². The van der Waals surface area contributed by atoms with E-state index >= 15 is 0 Å². The van der Waals surface area contributed by atoms with E-state index in [1.807, 2.05) is 17.5 Å². The number of Topliss-reactive ketones (excluding diaryl/α,β-unsaturated/α-hetero) is 1. The van der Waals surface area contributed by atoms with Crippen molar-refractivity contribution >= 4 is 40.8 Å². The van der Waals surface area contributed by atoms with Crippen LogP contribution in [0.3, 0.4) is 0 Å². The Kier molecular flexibility index (Phi) is 4.86. The average molecular weight is 367 g/mol. The minimum Gasteiger partial charge on any atom is -0.465 e. The van der Waals surface area contributed by atoms with Crippen molar-refractivity contribution in [3.05, 3.63) is 69.1 Å². The summed E-state index contributed by atoms with van der Waals surface area (Å²) in [6.07, 6.45) is 1.69. The molecule has 1 aliphatic rings. The summed E-state index contributed by atoms with van der Waals surface area (Å²) in [6, 6.07) is 10.5. The van der Waals surface area contributed by atoms with Crippen molar-refractivity contribution in [1.82, 2.24) is 0 Å². The number of amides is 1. The van der Waals surface area contributed by atoms with Crippen molar-refractivity contribution in [2.45, 2.75) is 13.8 Å². The number of carbonyl (C=O) groups is 3. The van der Waals surface area contributed by atoms with E-state index < -0.39 is 5.97 Å². The van der Waals surface area contributed by atoms with Crippen LogP contribution in [0.1, 0.15) is 29.1 Å². The van der Waals surface area contributed by atoms with E-state index in [0.717, 1.165) is 4.88 Å². The first-order valence-electron chi connectivity index (χ1n) is 7.94. The summed E-state index contributed by atoms with van der Waals surface area (Å²) in [5.74, 6) is -0.983. The van der Waals surface area contributed by atoms with Crippen LogP contribution < -0.4 is 4.90 Å². The first-order valence-corrected chi connectivity index (χ1v) is 8.82. The first-order chi connectivity index (χ1) is 12.4. The molecule has 0 unspecified atom stereocenters. The quantitative estimate of drug-likeness (QED) is 0.468. The fraction of sp³-hybridized carbons (Fsp3) is 0.150. The molecule has 0 aliphatic carbocycles. The second-order valence-corrected chi connectivity index (χ2v) is 6.75. The van der Waals surface area contributed by atoms with Gasteiger partial charge in [-0.05, 0) is 43.5 Å². The zero-order chi connectivity index (χ0) is 18.8. The molecular weight excluding hydrogens is 350 g/mol. The van der Waals surface area contributed by atoms with Crippen LogP contribution >= 0.6 is 11.3 Å². The Bertz CT molecular complexity index is 954. The van der Waals surface area contributed by atoms with Crippen molar-refractivity contribution in [3.8, 4) is 0 Å². The molecule has 1 aromatic carbocycles. The summed E-state index contributed by atoms with van der Waals surface area (Å²) in [7, 11) is 1.29. The topological polar surface area (TPSA) is 63.7 Å². The number of carbonyl (C=O) groups excluding carboxylic acids is 3. The van der Waals surface area contributed by atoms with Crippen molar-refractivity contribution in [2.75, 3.05) is 12.0 Å². The molecular formula is C20H17NO4S. The Labute approximate surface area is 155 Å². The van der Waals surface area contributed by atoms with Gasteiger partial charge < -0.3 is 4.74 Å². The number of hydrogen-bond donors (Lipinski definition) is 0. The Morgan fingerprint density at radius 2 is 1.96 bits per heavy atom. The highest BCUT2D eigenvalue weighted by Crippen LogP contribution is 2.36. The fourth-order valence-corrected chi connectivity index (χ4v) is 3.53. The van der Waals surface area contributed by atoms with Crippen molar-refractivity contribution in [3.63, 3.8) is 0 Å². The van der Waals surface area contributed by atoms with Gasteiger partial charge in [0.1, 0.15) is 0 Å². The molecule has 0 bridgehead atoms. The molecule has 0 saturated carbocycles. The number of ether oxygens (including phenoxy) is 1. The third-order valence-electron chi connectivity index (χ3n) is 4.13. The molecule has 0 spiro atoms. The van der Waals surface area contributed by atoms with Crippen LogP contribution in [0.4, 0.5) is 5.69 Å². The van der Waals surface area contributed by atoms with Gasteiger partial charge in [0.25, 0.3) is 5.91 Å². The highest BCUT2D eigenvalue weighted by molar-refractivity contribution is 7.10. The molecule has 0 saturated heterocycles. The Balaban J connectivity index is 2.14. The van der Waals surface area contributed by atoms with Crippen LogP contribution in [0.15, 0.2) is 58.6 Å². The van der Waals surface area contributed by atoms with E-state index in [0.29, 0.717) is 16.9 Å². The lowest BCUT2D eigenvalue weighted by Crippen LogP contribution is -2.24. The Morgan fingerprint density at radius 1 is 1.19 bits per heavy atom. The van der Waals surface area contributed by atoms with Gasteiger partial charge in [0.2, 0.25) is 0 Å². The van der Waals surface area contributed by atoms with Gasteiger partial charge in [0, 0.05) is 21.8 Å². The molecule has 5 nitrogen and oxygen atoms in total. The minimum atomic E-state index is -0.566. The van der Waals surface area contributed by atoms with E-state index in [1.165, 1.54) is 30.3 Å². The molecule has 3 rings (SSSR count). The van der Waals surface area contributed by atoms with E-state index in [4.69, 9.17) is 4.74 Å². The van der Waals surface area contributed by atoms with Crippen molar-refractivity contribution < 1.29 is 19.1 Å². The van der Waals surface area contributed by atoms with E-state index in [2.05, 4.69) is 0 Å². The third kappa shape index (κ3) is 3.11. The summed E-state index contributed by atoms with van der Waals surface area (Å²) in [5, 5.41) is 1.90. The molecule has 1 aliphatic heterocycles. The summed E-state index contributed by atoms with van der Waals surface area (Å²) in [6.45, 7) is 3.16. The molecule has 0 fully saturated rings. The number of anilines is 1. The van der Waals surface area contributed by atoms with Crippen molar-refractivity contribution in [2.24, 2.45) is 0 Å². The number of ketones is 1. The predicted molar refractivity (Wildman–Crippen MR) is 101 cm³/mol. The standard InChI is InChI=1S/C20H17NO4S/c1-12-18(20(24)25-3)17(11-16-8-5-9-26-16)19(23)21(12)15-7-4-6-14(10-15)13(2)22/h4-11H,1-3H3/b17-11-. The lowest BCUT2D eigenvalue weighted by atomic mass is 10.1. The lowest BCUT2D eigenvalue weighted by molar-refractivity contribution is -0.136. The maximum Gasteiger partial charge on any atom is 0.340 e. The molecule has 0 N–H and O–H groups in total. The zero-order valence-electron chi connectivity index (χ0n) is 14.6. The van der Waals surface area contributed by atoms with Crippen LogP contribution in [0, 0.1) is 0 Å². The summed E-state index contributed by atoms with van der Waals surface area (Å²) in [5.41, 5.74) is 2.03. The van der Waals surface area contributed by atoms with Gasteiger partial charge in [-0.3, -0.25) is 14.5 Å². The Hall–Kier alpha value is -2.99. The van der Waals surface area contributed by atoms with Crippen LogP contribution in [-0.4, -0.2) is 24.8 Å². The number of methoxy groups -OCH3 is 1. The second-order valence-electron chi connectivity index (χ2n) is 5.77. The summed E-state index contributed by atoms with van der Waals surface area (Å²) in [4.78, 5) is 39.4. The highest BCUT2D eigenvalue weighted by Gasteiger charge is 2.38. The van der Waals surface area contributed by atoms with Crippen LogP contribution in [0.5, 0.6) is 0 Å². The molecule has 0 atom stereocenters. The van der Waals surface area contributed by atoms with Gasteiger partial charge in [-0.1, -0.05) is 18.2 Å². The number of nitrogens with zero attached hydrogens (tertiary/aromatic N) is 1. The van der Waals surface area contributed by atoms with Crippen LogP contribution in [-0.2, 0) is 14.3 Å². The zero-order valence-corrected chi connectivity index (χ0v) is 15.4. The Morgan fingerprint density at radius 3 is 2.58 bits per heavy atom. The molecule has 132 valence electrons. The molecule has 6 heteroatoms. The minimum absolute atomic E-state index is 0.0947. The fourth-order valence-electron chi connectivity index (χ4n) is 2.87. The van der Waals surface area contributed by atoms with Crippen molar-refractivity contribution in [1.29, 1.82) is 0 Å². The third-order valence-corrected chi connectivity index (χ3v) is 4.95. The second kappa shape index (κ2) is 7.09. The number of allylic oxidation sites excluding steroid dienone is 1. The van der Waals surface area contributed by atoms with E-state index in [9.17, 15) is 14.4 Å². The number of benzene rings is 1. The summed E-state index contributed by atoms with van der Waals surface area (Å²) >= 11 is 1.47. The van der Waals surface area contributed by atoms with Gasteiger partial charge in [-0.25, -0.2) is 4.79 Å². The van der Waals surface area contributed by atoms with Gasteiger partial charge in [-0.15, -0.1) is 11.3 Å². The lowest BCUT2D eigenvalue weighted by Gasteiger charge is -2.18. The monoisotopic (exact) mass is 367 g/mol. The normalized spacial score (nSPS) is 15.7. The average Bonchev–Trinajstić information content (AvgIpc) is 3.22. The maximum absolute atomic E-state index is 13.1. The molecule has 2 aromatic rings. The molecule has 0 radical (unpaired) electrons. The number of thiophene rings is 1. The van der Waals surface area contributed by atoms with Gasteiger partial charge in [0.15, 0.2) is 5.78 Å². The van der Waals surface area contributed by atoms with E-state index in [-0.39, 0.29) is 22.8 Å². The highest BCUT2D eigenvalue weighted by atomic mass is 32.1. The van der Waals surface area contributed by atoms with Gasteiger partial charge in [0.05, 0.1) is 18.3 Å². The van der Waals surface area contributed by atoms with E-state index in [1.54, 1.807) is 37.3 Å². The number of rotatable bonds is 4. The molecule has 26 heavy (non-hydrogen) atoms. The largest absolute Gasteiger partial charge is 0.465 e. The predicted octanol–water partition coefficient (Wildman–Crippen LogP) is 3.83. The number of hydrogen-bond acceptors (Lipinski definition) is 5. The van der Waals surface area contributed by atoms with Gasteiger partial charge in [-0.2, -0.15) is 0 Å². The molecule has 1 aromatic heterocycles.